The fourth-order valence-corrected chi connectivity index (χ4v) is 2.41. The van der Waals surface area contributed by atoms with E-state index < -0.39 is 11.7 Å². The second-order valence-electron chi connectivity index (χ2n) is 5.47. The predicted molar refractivity (Wildman–Crippen MR) is 92.1 cm³/mol. The van der Waals surface area contributed by atoms with Crippen LogP contribution >= 0.6 is 0 Å². The minimum absolute atomic E-state index is 0.572. The molecule has 128 valence electrons. The van der Waals surface area contributed by atoms with E-state index in [4.69, 9.17) is 0 Å². The van der Waals surface area contributed by atoms with E-state index >= 15 is 0 Å². The van der Waals surface area contributed by atoms with Gasteiger partial charge in [0.1, 0.15) is 0 Å². The molecular weight excluding hydrogens is 327 g/mol. The Kier molecular flexibility index (Phi) is 4.70. The van der Waals surface area contributed by atoms with Gasteiger partial charge in [-0.1, -0.05) is 18.2 Å². The normalized spacial score (nSPS) is 12.0. The molecule has 2 aromatic carbocycles. The van der Waals surface area contributed by atoms with Crippen LogP contribution in [0.25, 0.3) is 16.8 Å². The van der Waals surface area contributed by atoms with Gasteiger partial charge >= 0.3 is 6.18 Å². The quantitative estimate of drug-likeness (QED) is 0.613. The summed E-state index contributed by atoms with van der Waals surface area (Å²) >= 11 is 0. The van der Waals surface area contributed by atoms with Gasteiger partial charge in [-0.15, -0.1) is 0 Å². The summed E-state index contributed by atoms with van der Waals surface area (Å²) in [5.74, 6) is 0. The van der Waals surface area contributed by atoms with Gasteiger partial charge in [0.2, 0.25) is 0 Å². The summed E-state index contributed by atoms with van der Waals surface area (Å²) in [6.07, 6.45) is 0.949. The van der Waals surface area contributed by atoms with Gasteiger partial charge in [-0.05, 0) is 48.4 Å². The first kappa shape index (κ1) is 17.0. The Hall–Kier alpha value is -2.89. The number of rotatable bonds is 4. The topological polar surface area (TPSA) is 30.2 Å². The minimum Gasteiger partial charge on any atom is -0.293 e. The van der Waals surface area contributed by atoms with Crippen LogP contribution in [-0.4, -0.2) is 22.5 Å². The van der Waals surface area contributed by atoms with Crippen molar-refractivity contribution in [2.45, 2.75) is 13.1 Å². The van der Waals surface area contributed by atoms with Crippen molar-refractivity contribution < 1.29 is 13.2 Å². The Morgan fingerprint density at radius 2 is 1.84 bits per heavy atom. The third-order valence-electron chi connectivity index (χ3n) is 3.68. The highest BCUT2D eigenvalue weighted by Crippen LogP contribution is 2.29. The van der Waals surface area contributed by atoms with Crippen LogP contribution in [0.2, 0.25) is 0 Å². The monoisotopic (exact) mass is 343 g/mol. The van der Waals surface area contributed by atoms with Crippen molar-refractivity contribution in [2.24, 2.45) is 4.99 Å². The molecule has 3 rings (SSSR count). The van der Waals surface area contributed by atoms with E-state index in [-0.39, 0.29) is 0 Å². The maximum atomic E-state index is 12.6. The standard InChI is InChI=1S/C19H16F3N3/c1-2-23-11-14-4-3-5-15(10-14)16-12-24-25(13-16)18-8-6-17(7-9-18)19(20,21)22/h3-13H,2H2,1H3. The molecule has 0 amide bonds. The number of nitrogens with zero attached hydrogens (tertiary/aromatic N) is 3. The third kappa shape index (κ3) is 3.96. The van der Waals surface area contributed by atoms with Gasteiger partial charge in [0.15, 0.2) is 0 Å². The van der Waals surface area contributed by atoms with Crippen LogP contribution in [-0.2, 0) is 6.18 Å². The molecule has 0 aliphatic rings. The van der Waals surface area contributed by atoms with Crippen molar-refractivity contribution in [3.8, 4) is 16.8 Å². The Balaban J connectivity index is 1.86. The number of alkyl halides is 3. The van der Waals surface area contributed by atoms with Crippen LogP contribution in [0, 0.1) is 0 Å². The minimum atomic E-state index is -4.34. The maximum absolute atomic E-state index is 12.6. The van der Waals surface area contributed by atoms with Crippen LogP contribution in [0.4, 0.5) is 13.2 Å². The lowest BCUT2D eigenvalue weighted by atomic mass is 10.1. The lowest BCUT2D eigenvalue weighted by Crippen LogP contribution is -2.05. The van der Waals surface area contributed by atoms with Gasteiger partial charge in [-0.2, -0.15) is 18.3 Å². The Labute approximate surface area is 143 Å². The fourth-order valence-electron chi connectivity index (χ4n) is 2.41. The van der Waals surface area contributed by atoms with E-state index in [9.17, 15) is 13.2 Å². The molecule has 0 radical (unpaired) electrons. The van der Waals surface area contributed by atoms with Gasteiger partial charge in [0.05, 0.1) is 17.4 Å². The lowest BCUT2D eigenvalue weighted by Gasteiger charge is -2.07. The molecule has 0 bridgehead atoms. The largest absolute Gasteiger partial charge is 0.416 e. The van der Waals surface area contributed by atoms with E-state index in [2.05, 4.69) is 10.1 Å². The molecule has 0 saturated carbocycles. The van der Waals surface area contributed by atoms with Crippen LogP contribution in [0.5, 0.6) is 0 Å². The van der Waals surface area contributed by atoms with E-state index in [0.29, 0.717) is 5.69 Å². The number of hydrogen-bond donors (Lipinski definition) is 0. The molecule has 0 saturated heterocycles. The van der Waals surface area contributed by atoms with Crippen LogP contribution in [0.3, 0.4) is 0 Å². The Bertz CT molecular complexity index is 877. The molecule has 6 heteroatoms. The first-order chi connectivity index (χ1) is 12.0. The average Bonchev–Trinajstić information content (AvgIpc) is 3.10. The molecule has 0 unspecified atom stereocenters. The molecular formula is C19H16F3N3. The van der Waals surface area contributed by atoms with Gasteiger partial charge in [-0.25, -0.2) is 4.68 Å². The van der Waals surface area contributed by atoms with E-state index in [0.717, 1.165) is 35.4 Å². The molecule has 0 spiro atoms. The zero-order chi connectivity index (χ0) is 17.9. The number of benzene rings is 2. The SMILES string of the molecule is CCN=Cc1cccc(-c2cnn(-c3ccc(C(F)(F)F)cc3)c2)c1. The molecule has 0 aliphatic heterocycles. The van der Waals surface area contributed by atoms with Crippen molar-refractivity contribution in [2.75, 3.05) is 6.54 Å². The van der Waals surface area contributed by atoms with E-state index in [1.165, 1.54) is 12.1 Å². The summed E-state index contributed by atoms with van der Waals surface area (Å²) < 4.78 is 39.5. The van der Waals surface area contributed by atoms with Crippen LogP contribution in [0.1, 0.15) is 18.1 Å². The number of halogens is 3. The summed E-state index contributed by atoms with van der Waals surface area (Å²) in [5.41, 5.74) is 2.74. The zero-order valence-corrected chi connectivity index (χ0v) is 13.5. The highest BCUT2D eigenvalue weighted by molar-refractivity contribution is 5.82. The molecule has 1 heterocycles. The molecule has 25 heavy (non-hydrogen) atoms. The number of aliphatic imine (C=N–C) groups is 1. The molecule has 0 fully saturated rings. The summed E-state index contributed by atoms with van der Waals surface area (Å²) in [7, 11) is 0. The van der Waals surface area contributed by atoms with Crippen molar-refractivity contribution >= 4 is 6.21 Å². The Morgan fingerprint density at radius 1 is 1.08 bits per heavy atom. The van der Waals surface area contributed by atoms with E-state index in [1.807, 2.05) is 37.4 Å². The molecule has 0 atom stereocenters. The summed E-state index contributed by atoms with van der Waals surface area (Å²) in [5, 5.41) is 4.25. The molecule has 0 N–H and O–H groups in total. The summed E-state index contributed by atoms with van der Waals surface area (Å²) in [4.78, 5) is 4.22. The Morgan fingerprint density at radius 3 is 2.52 bits per heavy atom. The second-order valence-corrected chi connectivity index (χ2v) is 5.47. The highest BCUT2D eigenvalue weighted by atomic mass is 19.4. The third-order valence-corrected chi connectivity index (χ3v) is 3.68. The van der Waals surface area contributed by atoms with E-state index in [1.54, 1.807) is 17.1 Å². The average molecular weight is 343 g/mol. The van der Waals surface area contributed by atoms with Crippen LogP contribution in [0.15, 0.2) is 65.9 Å². The molecule has 1 aromatic heterocycles. The lowest BCUT2D eigenvalue weighted by molar-refractivity contribution is -0.137. The predicted octanol–water partition coefficient (Wildman–Crippen LogP) is 5.00. The van der Waals surface area contributed by atoms with Crippen molar-refractivity contribution in [1.29, 1.82) is 0 Å². The second kappa shape index (κ2) is 6.93. The van der Waals surface area contributed by atoms with Gasteiger partial charge in [-0.3, -0.25) is 4.99 Å². The summed E-state index contributed by atoms with van der Waals surface area (Å²) in [6.45, 7) is 2.69. The highest BCUT2D eigenvalue weighted by Gasteiger charge is 2.30. The van der Waals surface area contributed by atoms with Crippen molar-refractivity contribution in [3.63, 3.8) is 0 Å². The fraction of sp³-hybridized carbons (Fsp3) is 0.158. The summed E-state index contributed by atoms with van der Waals surface area (Å²) in [6, 6.07) is 12.8. The number of aromatic nitrogens is 2. The molecule has 3 aromatic rings. The zero-order valence-electron chi connectivity index (χ0n) is 13.5. The van der Waals surface area contributed by atoms with Crippen LogP contribution < -0.4 is 0 Å². The first-order valence-corrected chi connectivity index (χ1v) is 7.80. The van der Waals surface area contributed by atoms with Gasteiger partial charge < -0.3 is 0 Å². The maximum Gasteiger partial charge on any atom is 0.416 e. The van der Waals surface area contributed by atoms with Gasteiger partial charge in [0, 0.05) is 24.5 Å². The first-order valence-electron chi connectivity index (χ1n) is 7.80. The molecule has 0 aliphatic carbocycles. The number of hydrogen-bond acceptors (Lipinski definition) is 2. The smallest absolute Gasteiger partial charge is 0.293 e. The van der Waals surface area contributed by atoms with Crippen molar-refractivity contribution in [3.05, 3.63) is 72.1 Å². The molecule has 3 nitrogen and oxygen atoms in total. The van der Waals surface area contributed by atoms with Gasteiger partial charge in [0.25, 0.3) is 0 Å². The van der Waals surface area contributed by atoms with Crippen molar-refractivity contribution in [1.82, 2.24) is 9.78 Å².